The van der Waals surface area contributed by atoms with Crippen LogP contribution in [0.2, 0.25) is 0 Å². The zero-order valence-electron chi connectivity index (χ0n) is 10.4. The van der Waals surface area contributed by atoms with Gasteiger partial charge < -0.3 is 10.2 Å². The van der Waals surface area contributed by atoms with E-state index in [0.717, 1.165) is 31.5 Å². The summed E-state index contributed by atoms with van der Waals surface area (Å²) in [4.78, 5) is 8.78. The average Bonchev–Trinajstić information content (AvgIpc) is 3.12. The van der Waals surface area contributed by atoms with Gasteiger partial charge in [0.1, 0.15) is 11.6 Å². The summed E-state index contributed by atoms with van der Waals surface area (Å²) in [5.74, 6) is 7.99. The highest BCUT2D eigenvalue weighted by atomic mass is 16.5. The molecule has 0 saturated heterocycles. The smallest absolute Gasteiger partial charge is 0.219 e. The highest BCUT2D eigenvalue weighted by Gasteiger charge is 2.27. The number of ether oxygens (including phenoxy) is 1. The van der Waals surface area contributed by atoms with Gasteiger partial charge >= 0.3 is 0 Å². The lowest BCUT2D eigenvalue weighted by molar-refractivity contribution is 0.200. The van der Waals surface area contributed by atoms with Crippen molar-refractivity contribution in [3.8, 4) is 5.88 Å². The SMILES string of the molecule is CCCC(C)Oc1cc(NN)nc(C2CC2)n1. The minimum Gasteiger partial charge on any atom is -0.475 e. The van der Waals surface area contributed by atoms with Crippen molar-refractivity contribution in [1.29, 1.82) is 0 Å². The van der Waals surface area contributed by atoms with Crippen molar-refractivity contribution < 1.29 is 4.74 Å². The summed E-state index contributed by atoms with van der Waals surface area (Å²) in [5, 5.41) is 0. The molecule has 1 aromatic heterocycles. The number of aromatic nitrogens is 2. The normalized spacial score (nSPS) is 16.6. The van der Waals surface area contributed by atoms with Gasteiger partial charge in [-0.05, 0) is 26.2 Å². The van der Waals surface area contributed by atoms with Crippen molar-refractivity contribution in [2.24, 2.45) is 5.84 Å². The third kappa shape index (κ3) is 3.30. The van der Waals surface area contributed by atoms with Crippen molar-refractivity contribution in [3.63, 3.8) is 0 Å². The summed E-state index contributed by atoms with van der Waals surface area (Å²) >= 11 is 0. The van der Waals surface area contributed by atoms with Crippen LogP contribution in [-0.4, -0.2) is 16.1 Å². The van der Waals surface area contributed by atoms with Crippen molar-refractivity contribution in [3.05, 3.63) is 11.9 Å². The standard InChI is InChI=1S/C12H20N4O/c1-3-4-8(2)17-11-7-10(16-13)14-12(15-11)9-5-6-9/h7-9H,3-6,13H2,1-2H3,(H,14,15,16). The van der Waals surface area contributed by atoms with E-state index in [1.165, 1.54) is 0 Å². The molecule has 1 fully saturated rings. The van der Waals surface area contributed by atoms with Crippen LogP contribution in [0.5, 0.6) is 5.88 Å². The summed E-state index contributed by atoms with van der Waals surface area (Å²) in [6.45, 7) is 4.19. The molecule has 0 amide bonds. The Hall–Kier alpha value is -1.36. The van der Waals surface area contributed by atoms with Gasteiger partial charge in [-0.2, -0.15) is 4.98 Å². The monoisotopic (exact) mass is 236 g/mol. The Morgan fingerprint density at radius 2 is 2.29 bits per heavy atom. The van der Waals surface area contributed by atoms with Crippen molar-refractivity contribution in [2.45, 2.75) is 51.6 Å². The molecule has 1 aliphatic carbocycles. The van der Waals surface area contributed by atoms with Gasteiger partial charge in [0, 0.05) is 12.0 Å². The largest absolute Gasteiger partial charge is 0.475 e. The zero-order chi connectivity index (χ0) is 12.3. The van der Waals surface area contributed by atoms with E-state index >= 15 is 0 Å². The van der Waals surface area contributed by atoms with Gasteiger partial charge in [-0.3, -0.25) is 0 Å². The van der Waals surface area contributed by atoms with Crippen LogP contribution >= 0.6 is 0 Å². The summed E-state index contributed by atoms with van der Waals surface area (Å²) in [6.07, 6.45) is 4.63. The molecule has 0 bridgehead atoms. The molecule has 2 rings (SSSR count). The number of rotatable bonds is 6. The van der Waals surface area contributed by atoms with Crippen molar-refractivity contribution >= 4 is 5.82 Å². The zero-order valence-corrected chi connectivity index (χ0v) is 10.4. The molecule has 1 aliphatic rings. The maximum Gasteiger partial charge on any atom is 0.219 e. The summed E-state index contributed by atoms with van der Waals surface area (Å²) in [6, 6.07) is 1.75. The Morgan fingerprint density at radius 3 is 2.88 bits per heavy atom. The number of anilines is 1. The Kier molecular flexibility index (Phi) is 3.78. The van der Waals surface area contributed by atoms with E-state index in [1.54, 1.807) is 6.07 Å². The first-order valence-corrected chi connectivity index (χ1v) is 6.25. The Labute approximate surface area is 102 Å². The van der Waals surface area contributed by atoms with Crippen molar-refractivity contribution in [1.82, 2.24) is 9.97 Å². The first-order valence-electron chi connectivity index (χ1n) is 6.25. The first-order chi connectivity index (χ1) is 8.22. The highest BCUT2D eigenvalue weighted by molar-refractivity contribution is 5.38. The van der Waals surface area contributed by atoms with Gasteiger partial charge in [0.15, 0.2) is 0 Å². The molecular formula is C12H20N4O. The molecule has 94 valence electrons. The van der Waals surface area contributed by atoms with Gasteiger partial charge in [0.25, 0.3) is 0 Å². The van der Waals surface area contributed by atoms with Gasteiger partial charge in [-0.1, -0.05) is 13.3 Å². The number of nitrogens with two attached hydrogens (primary N) is 1. The van der Waals surface area contributed by atoms with Gasteiger partial charge in [-0.25, -0.2) is 10.8 Å². The fraction of sp³-hybridized carbons (Fsp3) is 0.667. The summed E-state index contributed by atoms with van der Waals surface area (Å²) in [5.41, 5.74) is 2.56. The van der Waals surface area contributed by atoms with Gasteiger partial charge in [-0.15, -0.1) is 0 Å². The fourth-order valence-electron chi connectivity index (χ4n) is 1.77. The second-order valence-electron chi connectivity index (χ2n) is 4.59. The lowest BCUT2D eigenvalue weighted by atomic mass is 10.2. The van der Waals surface area contributed by atoms with E-state index in [9.17, 15) is 0 Å². The molecule has 1 atom stereocenters. The van der Waals surface area contributed by atoms with Crippen molar-refractivity contribution in [2.75, 3.05) is 5.43 Å². The van der Waals surface area contributed by atoms with E-state index in [0.29, 0.717) is 17.6 Å². The summed E-state index contributed by atoms with van der Waals surface area (Å²) in [7, 11) is 0. The van der Waals surface area contributed by atoms with Crippen LogP contribution in [0.1, 0.15) is 51.3 Å². The molecule has 3 N–H and O–H groups in total. The molecule has 5 nitrogen and oxygen atoms in total. The lowest BCUT2D eigenvalue weighted by Crippen LogP contribution is -2.15. The number of hydrogen-bond acceptors (Lipinski definition) is 5. The molecule has 0 aliphatic heterocycles. The first kappa shape index (κ1) is 12.1. The Morgan fingerprint density at radius 1 is 1.53 bits per heavy atom. The minimum atomic E-state index is 0.174. The molecule has 1 unspecified atom stereocenters. The predicted octanol–water partition coefficient (Wildman–Crippen LogP) is 2.21. The Bertz CT molecular complexity index is 379. The molecule has 1 aromatic rings. The fourth-order valence-corrected chi connectivity index (χ4v) is 1.77. The van der Waals surface area contributed by atoms with Crippen LogP contribution < -0.4 is 16.0 Å². The average molecular weight is 236 g/mol. The molecule has 0 aromatic carbocycles. The molecule has 0 radical (unpaired) electrons. The van der Waals surface area contributed by atoms with Crippen LogP contribution in [0.4, 0.5) is 5.82 Å². The highest BCUT2D eigenvalue weighted by Crippen LogP contribution is 2.39. The van der Waals surface area contributed by atoms with E-state index in [2.05, 4.69) is 29.2 Å². The van der Waals surface area contributed by atoms with Crippen LogP contribution in [0, 0.1) is 0 Å². The third-order valence-electron chi connectivity index (χ3n) is 2.83. The van der Waals surface area contributed by atoms with E-state index in [-0.39, 0.29) is 6.10 Å². The van der Waals surface area contributed by atoms with E-state index in [4.69, 9.17) is 10.6 Å². The third-order valence-corrected chi connectivity index (χ3v) is 2.83. The lowest BCUT2D eigenvalue weighted by Gasteiger charge is -2.14. The quantitative estimate of drug-likeness (QED) is 0.585. The summed E-state index contributed by atoms with van der Waals surface area (Å²) < 4.78 is 5.77. The molecule has 5 heteroatoms. The number of hydrogen-bond donors (Lipinski definition) is 2. The second kappa shape index (κ2) is 5.31. The maximum atomic E-state index is 5.77. The number of nitrogens with zero attached hydrogens (tertiary/aromatic N) is 2. The number of nitrogen functional groups attached to an aromatic ring is 1. The van der Waals surface area contributed by atoms with Crippen LogP contribution in [0.15, 0.2) is 6.07 Å². The van der Waals surface area contributed by atoms with Crippen LogP contribution in [-0.2, 0) is 0 Å². The van der Waals surface area contributed by atoms with Gasteiger partial charge in [0.2, 0.25) is 5.88 Å². The molecule has 0 spiro atoms. The predicted molar refractivity (Wildman–Crippen MR) is 66.8 cm³/mol. The Balaban J connectivity index is 2.11. The van der Waals surface area contributed by atoms with Crippen LogP contribution in [0.25, 0.3) is 0 Å². The maximum absolute atomic E-state index is 5.77. The number of nitrogens with one attached hydrogen (secondary N) is 1. The second-order valence-corrected chi connectivity index (χ2v) is 4.59. The van der Waals surface area contributed by atoms with E-state index in [1.807, 2.05) is 0 Å². The van der Waals surface area contributed by atoms with Gasteiger partial charge in [0.05, 0.1) is 6.10 Å². The number of hydrazine groups is 1. The topological polar surface area (TPSA) is 73.1 Å². The molecular weight excluding hydrogens is 216 g/mol. The minimum absolute atomic E-state index is 0.174. The molecule has 1 saturated carbocycles. The van der Waals surface area contributed by atoms with E-state index < -0.39 is 0 Å². The van der Waals surface area contributed by atoms with Crippen LogP contribution in [0.3, 0.4) is 0 Å². The molecule has 17 heavy (non-hydrogen) atoms. The molecule has 1 heterocycles.